The first kappa shape index (κ1) is 16.7. The Balaban J connectivity index is 1.71. The molecule has 0 saturated heterocycles. The molecule has 0 fully saturated rings. The molecule has 1 aliphatic rings. The van der Waals surface area contributed by atoms with Crippen molar-refractivity contribution in [1.82, 2.24) is 4.98 Å². The highest BCUT2D eigenvalue weighted by Gasteiger charge is 2.11. The molecule has 4 rings (SSSR count). The number of fused-ring (bicyclic) bond motifs is 1. The van der Waals surface area contributed by atoms with Gasteiger partial charge in [0.25, 0.3) is 0 Å². The lowest BCUT2D eigenvalue weighted by Gasteiger charge is -1.97. The van der Waals surface area contributed by atoms with Crippen molar-refractivity contribution >= 4 is 37.8 Å². The Labute approximate surface area is 161 Å². The van der Waals surface area contributed by atoms with Gasteiger partial charge in [0.1, 0.15) is 9.84 Å². The Morgan fingerprint density at radius 2 is 1.38 bits per heavy atom. The summed E-state index contributed by atoms with van der Waals surface area (Å²) in [4.78, 5) is 7.23. The second kappa shape index (κ2) is 8.09. The molecule has 1 aliphatic carbocycles. The first-order valence-electron chi connectivity index (χ1n) is 8.41. The van der Waals surface area contributed by atoms with Gasteiger partial charge in [-0.15, -0.1) is 22.7 Å². The molecule has 0 radical (unpaired) electrons. The normalized spacial score (nSPS) is 16.4. The molecule has 126 valence electrons. The van der Waals surface area contributed by atoms with Gasteiger partial charge in [-0.2, -0.15) is 0 Å². The van der Waals surface area contributed by atoms with Crippen molar-refractivity contribution in [3.63, 3.8) is 0 Å². The van der Waals surface area contributed by atoms with E-state index in [4.69, 9.17) is 4.98 Å². The highest BCUT2D eigenvalue weighted by Crippen LogP contribution is 2.37. The molecule has 0 amide bonds. The van der Waals surface area contributed by atoms with Crippen molar-refractivity contribution in [2.24, 2.45) is 0 Å². The number of allylic oxidation sites excluding steroid dienone is 8. The lowest BCUT2D eigenvalue weighted by molar-refractivity contribution is 1.51. The Hall–Kier alpha value is -2.75. The first-order chi connectivity index (χ1) is 12.9. The third-order valence-corrected chi connectivity index (χ3v) is 6.09. The van der Waals surface area contributed by atoms with Crippen molar-refractivity contribution in [2.45, 2.75) is 0 Å². The zero-order chi connectivity index (χ0) is 17.6. The molecule has 2 aromatic heterocycles. The summed E-state index contributed by atoms with van der Waals surface area (Å²) >= 11 is 3.50. The van der Waals surface area contributed by atoms with Gasteiger partial charge in [-0.3, -0.25) is 0 Å². The van der Waals surface area contributed by atoms with Crippen molar-refractivity contribution in [3.8, 4) is 10.6 Å². The number of hydrogen-bond donors (Lipinski definition) is 0. The second-order valence-corrected chi connectivity index (χ2v) is 7.75. The molecule has 0 N–H and O–H groups in total. The molecule has 3 heteroatoms. The van der Waals surface area contributed by atoms with Crippen molar-refractivity contribution < 1.29 is 0 Å². The maximum absolute atomic E-state index is 4.88. The lowest BCUT2D eigenvalue weighted by atomic mass is 10.1. The van der Waals surface area contributed by atoms with Crippen LogP contribution in [0.25, 0.3) is 25.7 Å². The van der Waals surface area contributed by atoms with Crippen molar-refractivity contribution in [1.29, 1.82) is 0 Å². The van der Waals surface area contributed by atoms with Crippen LogP contribution >= 0.6 is 22.7 Å². The molecule has 0 spiro atoms. The van der Waals surface area contributed by atoms with Gasteiger partial charge in [-0.25, -0.2) is 4.98 Å². The molecule has 0 aliphatic heterocycles. The fraction of sp³-hybridized carbons (Fsp3) is 0. The van der Waals surface area contributed by atoms with Gasteiger partial charge in [0, 0.05) is 10.4 Å². The minimum Gasteiger partial charge on any atom is -0.225 e. The van der Waals surface area contributed by atoms with E-state index in [1.54, 1.807) is 22.7 Å². The van der Waals surface area contributed by atoms with Crippen LogP contribution in [-0.4, -0.2) is 4.98 Å². The maximum atomic E-state index is 4.88. The van der Waals surface area contributed by atoms with E-state index in [9.17, 15) is 0 Å². The fourth-order valence-electron chi connectivity index (χ4n) is 2.57. The van der Waals surface area contributed by atoms with Crippen LogP contribution in [0.4, 0.5) is 0 Å². The summed E-state index contributed by atoms with van der Waals surface area (Å²) in [6.07, 6.45) is 14.6. The summed E-state index contributed by atoms with van der Waals surface area (Å²) in [6.45, 7) is 0. The third kappa shape index (κ3) is 3.90. The molecule has 26 heavy (non-hydrogen) atoms. The van der Waals surface area contributed by atoms with Gasteiger partial charge in [-0.1, -0.05) is 97.1 Å². The summed E-state index contributed by atoms with van der Waals surface area (Å²) in [5.74, 6) is 0. The smallest absolute Gasteiger partial charge is 0.135 e. The topological polar surface area (TPSA) is 12.9 Å². The lowest BCUT2D eigenvalue weighted by Crippen LogP contribution is -1.75. The van der Waals surface area contributed by atoms with Gasteiger partial charge in [0.2, 0.25) is 0 Å². The Morgan fingerprint density at radius 3 is 2.15 bits per heavy atom. The number of thiazole rings is 1. The Bertz CT molecular complexity index is 1040. The van der Waals surface area contributed by atoms with Crippen LogP contribution in [-0.2, 0) is 0 Å². The van der Waals surface area contributed by atoms with E-state index in [0.29, 0.717) is 0 Å². The summed E-state index contributed by atoms with van der Waals surface area (Å²) in [7, 11) is 0. The molecule has 2 heterocycles. The average molecular weight is 372 g/mol. The second-order valence-electron chi connectivity index (χ2n) is 5.69. The number of hydrogen-bond acceptors (Lipinski definition) is 3. The summed E-state index contributed by atoms with van der Waals surface area (Å²) in [5.41, 5.74) is 2.36. The van der Waals surface area contributed by atoms with Crippen LogP contribution in [0.2, 0.25) is 0 Å². The van der Waals surface area contributed by atoms with E-state index in [1.165, 1.54) is 15.2 Å². The van der Waals surface area contributed by atoms with Gasteiger partial charge < -0.3 is 0 Å². The van der Waals surface area contributed by atoms with Gasteiger partial charge in [0.15, 0.2) is 0 Å². The summed E-state index contributed by atoms with van der Waals surface area (Å²) in [5, 5.41) is 1.06. The van der Waals surface area contributed by atoms with E-state index in [2.05, 4.69) is 54.6 Å². The number of thiophene rings is 1. The largest absolute Gasteiger partial charge is 0.225 e. The molecule has 1 nitrogen and oxygen atoms in total. The monoisotopic (exact) mass is 371 g/mol. The standard InChI is InChI=1S/C23H17NS2/c1-2-5-11-15-19(16-12-6-3-1)22-24-23-21(26-22)17-20(25-23)18-13-9-7-4-8-10-14-18/h1-17H/b2-1?,3-1?,5-2?,6-3?,7-4?,8-4?,9-7?,10-8?,11-5?,12-6?,13-9-,14-10?,15-11?,16-12?,18-13?,18-14+,19-15?,19-16?. The maximum Gasteiger partial charge on any atom is 0.135 e. The highest BCUT2D eigenvalue weighted by atomic mass is 32.1. The van der Waals surface area contributed by atoms with E-state index >= 15 is 0 Å². The van der Waals surface area contributed by atoms with E-state index in [-0.39, 0.29) is 0 Å². The minimum absolute atomic E-state index is 1.06. The predicted molar refractivity (Wildman–Crippen MR) is 116 cm³/mol. The molecular weight excluding hydrogens is 354 g/mol. The predicted octanol–water partition coefficient (Wildman–Crippen LogP) is 7.21. The van der Waals surface area contributed by atoms with Crippen molar-refractivity contribution in [2.75, 3.05) is 0 Å². The summed E-state index contributed by atoms with van der Waals surface area (Å²) < 4.78 is 1.24. The van der Waals surface area contributed by atoms with Crippen LogP contribution < -0.4 is 0 Å². The first-order valence-corrected chi connectivity index (χ1v) is 10.0. The van der Waals surface area contributed by atoms with Crippen LogP contribution in [0.15, 0.2) is 103 Å². The van der Waals surface area contributed by atoms with Crippen LogP contribution in [0.3, 0.4) is 0 Å². The molecule has 0 unspecified atom stereocenters. The van der Waals surface area contributed by atoms with Gasteiger partial charge in [-0.05, 0) is 11.6 Å². The van der Waals surface area contributed by atoms with E-state index in [0.717, 1.165) is 15.4 Å². The Kier molecular flexibility index (Phi) is 5.19. The fourth-order valence-corrected chi connectivity index (χ4v) is 4.80. The molecule has 3 aromatic rings. The van der Waals surface area contributed by atoms with Gasteiger partial charge >= 0.3 is 0 Å². The quantitative estimate of drug-likeness (QED) is 0.463. The minimum atomic E-state index is 1.06. The SMILES string of the molecule is C1=C/C=C\C(c2cc3sc(-c4ccccccccc4)nc3s2)=C/C=C1. The van der Waals surface area contributed by atoms with Crippen molar-refractivity contribution in [3.05, 3.63) is 108 Å². The summed E-state index contributed by atoms with van der Waals surface area (Å²) in [6, 6.07) is 20.7. The van der Waals surface area contributed by atoms with Crippen LogP contribution in [0, 0.1) is 0 Å². The third-order valence-electron chi connectivity index (χ3n) is 3.84. The Morgan fingerprint density at radius 1 is 0.692 bits per heavy atom. The zero-order valence-corrected chi connectivity index (χ0v) is 15.7. The number of rotatable bonds is 2. The van der Waals surface area contributed by atoms with Crippen LogP contribution in [0.5, 0.6) is 0 Å². The zero-order valence-electron chi connectivity index (χ0n) is 14.1. The molecule has 0 bridgehead atoms. The molecular formula is C23H17NS2. The molecule has 1 aromatic carbocycles. The molecule has 0 atom stereocenters. The number of nitrogens with zero attached hydrogens (tertiary/aromatic N) is 1. The van der Waals surface area contributed by atoms with Gasteiger partial charge in [0.05, 0.1) is 4.70 Å². The highest BCUT2D eigenvalue weighted by molar-refractivity contribution is 7.29. The van der Waals surface area contributed by atoms with Crippen LogP contribution in [0.1, 0.15) is 4.88 Å². The average Bonchev–Trinajstić information content (AvgIpc) is 3.18. The molecule has 0 saturated carbocycles. The van der Waals surface area contributed by atoms with E-state index < -0.39 is 0 Å². The van der Waals surface area contributed by atoms with E-state index in [1.807, 2.05) is 48.6 Å². The number of aromatic nitrogens is 1.